The maximum Gasteiger partial charge on any atom is 0.323 e. The predicted molar refractivity (Wildman–Crippen MR) is 112 cm³/mol. The molecule has 0 aliphatic rings. The fourth-order valence-corrected chi connectivity index (χ4v) is 2.81. The summed E-state index contributed by atoms with van der Waals surface area (Å²) in [5.41, 5.74) is 4.39. The van der Waals surface area contributed by atoms with E-state index in [2.05, 4.69) is 39.9 Å². The zero-order valence-corrected chi connectivity index (χ0v) is 16.5. The maximum absolute atomic E-state index is 12.2. The van der Waals surface area contributed by atoms with Gasteiger partial charge in [0.05, 0.1) is 17.6 Å². The minimum absolute atomic E-state index is 0.272. The monoisotopic (exact) mass is 378 g/mol. The summed E-state index contributed by atoms with van der Waals surface area (Å²) in [7, 11) is 4.13. The molecule has 146 valence electrons. The highest BCUT2D eigenvalue weighted by Crippen LogP contribution is 2.16. The van der Waals surface area contributed by atoms with Crippen LogP contribution in [0.15, 0.2) is 54.7 Å². The van der Waals surface area contributed by atoms with Gasteiger partial charge in [-0.25, -0.2) is 9.48 Å². The van der Waals surface area contributed by atoms with Crippen molar-refractivity contribution in [1.29, 1.82) is 0 Å². The van der Waals surface area contributed by atoms with Gasteiger partial charge in [-0.1, -0.05) is 23.4 Å². The SMILES string of the molecule is Cc1ccccc1NC(=O)Nc1ccc(-n2cc(CCCN(C)C)nn2)cc1. The molecule has 0 fully saturated rings. The lowest BCUT2D eigenvalue weighted by atomic mass is 10.2. The van der Waals surface area contributed by atoms with Gasteiger partial charge >= 0.3 is 6.03 Å². The second-order valence-corrected chi connectivity index (χ2v) is 7.00. The molecule has 7 heteroatoms. The molecule has 0 saturated heterocycles. The molecule has 2 N–H and O–H groups in total. The zero-order chi connectivity index (χ0) is 19.9. The number of hydrogen-bond acceptors (Lipinski definition) is 4. The number of carbonyl (C=O) groups is 1. The van der Waals surface area contributed by atoms with Crippen molar-refractivity contribution in [3.8, 4) is 5.69 Å². The molecule has 0 radical (unpaired) electrons. The zero-order valence-electron chi connectivity index (χ0n) is 16.5. The molecule has 0 aliphatic heterocycles. The first kappa shape index (κ1) is 19.6. The van der Waals surface area contributed by atoms with Gasteiger partial charge in [0.2, 0.25) is 0 Å². The third kappa shape index (κ3) is 5.40. The lowest BCUT2D eigenvalue weighted by Gasteiger charge is -2.10. The lowest BCUT2D eigenvalue weighted by molar-refractivity contribution is 0.262. The Labute approximate surface area is 165 Å². The molecule has 0 unspecified atom stereocenters. The van der Waals surface area contributed by atoms with Crippen LogP contribution in [0.25, 0.3) is 5.69 Å². The van der Waals surface area contributed by atoms with E-state index < -0.39 is 0 Å². The quantitative estimate of drug-likeness (QED) is 0.657. The molecule has 0 saturated carbocycles. The normalized spacial score (nSPS) is 10.9. The van der Waals surface area contributed by atoms with Crippen LogP contribution < -0.4 is 10.6 Å². The van der Waals surface area contributed by atoms with Crippen molar-refractivity contribution >= 4 is 17.4 Å². The van der Waals surface area contributed by atoms with Crippen LogP contribution >= 0.6 is 0 Å². The third-order valence-corrected chi connectivity index (χ3v) is 4.36. The van der Waals surface area contributed by atoms with Crippen molar-refractivity contribution in [1.82, 2.24) is 19.9 Å². The van der Waals surface area contributed by atoms with Crippen molar-refractivity contribution in [3.05, 3.63) is 66.0 Å². The average Bonchev–Trinajstić information content (AvgIpc) is 3.13. The molecule has 0 bridgehead atoms. The first-order valence-corrected chi connectivity index (χ1v) is 9.31. The highest BCUT2D eigenvalue weighted by Gasteiger charge is 2.06. The number of nitrogens with one attached hydrogen (secondary N) is 2. The van der Waals surface area contributed by atoms with Gasteiger partial charge in [-0.05, 0) is 76.3 Å². The Morgan fingerprint density at radius 3 is 2.54 bits per heavy atom. The lowest BCUT2D eigenvalue weighted by Crippen LogP contribution is -2.19. The third-order valence-electron chi connectivity index (χ3n) is 4.36. The number of carbonyl (C=O) groups excluding carboxylic acids is 1. The first-order valence-electron chi connectivity index (χ1n) is 9.31. The van der Waals surface area contributed by atoms with Crippen LogP contribution in [-0.4, -0.2) is 46.6 Å². The fraction of sp³-hybridized carbons (Fsp3) is 0.286. The number of rotatable bonds is 7. The predicted octanol–water partition coefficient (Wildman–Crippen LogP) is 3.71. The van der Waals surface area contributed by atoms with Gasteiger partial charge in [0.15, 0.2) is 0 Å². The van der Waals surface area contributed by atoms with Gasteiger partial charge in [-0.3, -0.25) is 0 Å². The molecule has 2 amide bonds. The fourth-order valence-electron chi connectivity index (χ4n) is 2.81. The van der Waals surface area contributed by atoms with E-state index in [-0.39, 0.29) is 6.03 Å². The van der Waals surface area contributed by atoms with E-state index >= 15 is 0 Å². The van der Waals surface area contributed by atoms with Crippen molar-refractivity contribution in [2.24, 2.45) is 0 Å². The summed E-state index contributed by atoms with van der Waals surface area (Å²) in [5.74, 6) is 0. The Kier molecular flexibility index (Phi) is 6.39. The smallest absolute Gasteiger partial charge is 0.309 e. The van der Waals surface area contributed by atoms with E-state index in [0.717, 1.165) is 42.0 Å². The first-order chi connectivity index (χ1) is 13.5. The molecule has 1 heterocycles. The highest BCUT2D eigenvalue weighted by molar-refractivity contribution is 6.00. The van der Waals surface area contributed by atoms with E-state index in [1.807, 2.05) is 61.7 Å². The Bertz CT molecular complexity index is 917. The van der Waals surface area contributed by atoms with Crippen LogP contribution in [-0.2, 0) is 6.42 Å². The van der Waals surface area contributed by atoms with E-state index in [1.165, 1.54) is 0 Å². The van der Waals surface area contributed by atoms with Gasteiger partial charge < -0.3 is 15.5 Å². The molecule has 0 spiro atoms. The summed E-state index contributed by atoms with van der Waals surface area (Å²) in [6.45, 7) is 2.98. The molecular weight excluding hydrogens is 352 g/mol. The molecule has 3 aromatic rings. The number of amides is 2. The van der Waals surface area contributed by atoms with E-state index in [9.17, 15) is 4.79 Å². The van der Waals surface area contributed by atoms with Crippen molar-refractivity contribution in [3.63, 3.8) is 0 Å². The minimum atomic E-state index is -0.272. The van der Waals surface area contributed by atoms with Gasteiger partial charge in [-0.15, -0.1) is 5.10 Å². The Hall–Kier alpha value is -3.19. The Balaban J connectivity index is 1.57. The molecular formula is C21H26N6O. The van der Waals surface area contributed by atoms with Crippen LogP contribution in [0.1, 0.15) is 17.7 Å². The van der Waals surface area contributed by atoms with E-state index in [1.54, 1.807) is 4.68 Å². The second kappa shape index (κ2) is 9.14. The molecule has 0 atom stereocenters. The largest absolute Gasteiger partial charge is 0.323 e. The minimum Gasteiger partial charge on any atom is -0.309 e. The maximum atomic E-state index is 12.2. The summed E-state index contributed by atoms with van der Waals surface area (Å²) in [6, 6.07) is 14.9. The highest BCUT2D eigenvalue weighted by atomic mass is 16.2. The van der Waals surface area contributed by atoms with E-state index in [4.69, 9.17) is 0 Å². The van der Waals surface area contributed by atoms with Crippen molar-refractivity contribution < 1.29 is 4.79 Å². The number of benzene rings is 2. The van der Waals surface area contributed by atoms with Gasteiger partial charge in [-0.2, -0.15) is 0 Å². The standard InChI is InChI=1S/C21H26N6O/c1-16-7-4-5-9-20(16)23-21(28)22-17-10-12-19(13-11-17)27-15-18(24-25-27)8-6-14-26(2)3/h4-5,7,9-13,15H,6,8,14H2,1-3H3,(H2,22,23,28). The van der Waals surface area contributed by atoms with Gasteiger partial charge in [0.1, 0.15) is 0 Å². The summed E-state index contributed by atoms with van der Waals surface area (Å²) in [5, 5.41) is 14.1. The topological polar surface area (TPSA) is 75.1 Å². The van der Waals surface area contributed by atoms with E-state index in [0.29, 0.717) is 5.69 Å². The number of aryl methyl sites for hydroxylation is 2. The number of urea groups is 1. The average molecular weight is 378 g/mol. The molecule has 2 aromatic carbocycles. The Morgan fingerprint density at radius 1 is 1.07 bits per heavy atom. The van der Waals surface area contributed by atoms with Crippen LogP contribution in [0.4, 0.5) is 16.2 Å². The summed E-state index contributed by atoms with van der Waals surface area (Å²) < 4.78 is 1.75. The molecule has 1 aromatic heterocycles. The van der Waals surface area contributed by atoms with Crippen LogP contribution in [0, 0.1) is 6.92 Å². The van der Waals surface area contributed by atoms with Gasteiger partial charge in [0, 0.05) is 11.4 Å². The number of nitrogens with zero attached hydrogens (tertiary/aromatic N) is 4. The van der Waals surface area contributed by atoms with Crippen molar-refractivity contribution in [2.45, 2.75) is 19.8 Å². The molecule has 3 rings (SSSR count). The summed E-state index contributed by atoms with van der Waals surface area (Å²) >= 11 is 0. The molecule has 7 nitrogen and oxygen atoms in total. The van der Waals surface area contributed by atoms with Gasteiger partial charge in [0.25, 0.3) is 0 Å². The van der Waals surface area contributed by atoms with Crippen molar-refractivity contribution in [2.75, 3.05) is 31.3 Å². The molecule has 28 heavy (non-hydrogen) atoms. The summed E-state index contributed by atoms with van der Waals surface area (Å²) in [6.07, 6.45) is 3.89. The Morgan fingerprint density at radius 2 is 1.82 bits per heavy atom. The molecule has 0 aliphatic carbocycles. The van der Waals surface area contributed by atoms with Crippen LogP contribution in [0.5, 0.6) is 0 Å². The van der Waals surface area contributed by atoms with Crippen LogP contribution in [0.3, 0.4) is 0 Å². The number of para-hydroxylation sites is 1. The number of aromatic nitrogens is 3. The summed E-state index contributed by atoms with van der Waals surface area (Å²) in [4.78, 5) is 14.3. The number of hydrogen-bond donors (Lipinski definition) is 2. The van der Waals surface area contributed by atoms with Crippen LogP contribution in [0.2, 0.25) is 0 Å². The second-order valence-electron chi connectivity index (χ2n) is 7.00. The number of anilines is 2.